The number of hydrogen-bond donors (Lipinski definition) is 1. The molecule has 1 aromatic heterocycles. The second-order valence-electron chi connectivity index (χ2n) is 5.46. The van der Waals surface area contributed by atoms with Crippen molar-refractivity contribution in [3.8, 4) is 10.6 Å². The van der Waals surface area contributed by atoms with Gasteiger partial charge in [0.2, 0.25) is 0 Å². The second-order valence-corrected chi connectivity index (χ2v) is 6.32. The maximum Gasteiger partial charge on any atom is 0.123 e. The van der Waals surface area contributed by atoms with Gasteiger partial charge in [-0.05, 0) is 32.5 Å². The van der Waals surface area contributed by atoms with Gasteiger partial charge in [-0.1, -0.05) is 30.3 Å². The third-order valence-corrected chi connectivity index (χ3v) is 4.76. The van der Waals surface area contributed by atoms with E-state index in [1.165, 1.54) is 30.8 Å². The molecule has 0 spiro atoms. The van der Waals surface area contributed by atoms with Crippen molar-refractivity contribution in [2.75, 3.05) is 26.7 Å². The number of rotatable bonds is 5. The molecule has 1 aliphatic rings. The van der Waals surface area contributed by atoms with Gasteiger partial charge in [0.05, 0.1) is 5.69 Å². The van der Waals surface area contributed by atoms with Crippen molar-refractivity contribution in [1.29, 1.82) is 0 Å². The molecular formula is C16H22ClN3S. The Morgan fingerprint density at radius 2 is 2.14 bits per heavy atom. The van der Waals surface area contributed by atoms with E-state index >= 15 is 0 Å². The second kappa shape index (κ2) is 7.90. The first-order chi connectivity index (χ1) is 9.85. The lowest BCUT2D eigenvalue weighted by atomic mass is 10.1. The van der Waals surface area contributed by atoms with Crippen molar-refractivity contribution in [3.63, 3.8) is 0 Å². The lowest BCUT2D eigenvalue weighted by Gasteiger charge is -2.14. The van der Waals surface area contributed by atoms with E-state index < -0.39 is 0 Å². The minimum absolute atomic E-state index is 0. The Morgan fingerprint density at radius 3 is 2.90 bits per heavy atom. The molecule has 0 aliphatic carbocycles. The molecule has 2 aromatic rings. The SMILES string of the molecule is CNCC1CCN(Cc2csc(-c3ccccc3)n2)C1.Cl. The summed E-state index contributed by atoms with van der Waals surface area (Å²) in [7, 11) is 2.04. The van der Waals surface area contributed by atoms with Gasteiger partial charge in [-0.25, -0.2) is 4.98 Å². The molecule has 1 N–H and O–H groups in total. The molecule has 0 bridgehead atoms. The van der Waals surface area contributed by atoms with Crippen LogP contribution >= 0.6 is 23.7 Å². The van der Waals surface area contributed by atoms with E-state index in [-0.39, 0.29) is 12.4 Å². The third-order valence-electron chi connectivity index (χ3n) is 3.82. The summed E-state index contributed by atoms with van der Waals surface area (Å²) in [4.78, 5) is 7.30. The molecule has 0 saturated carbocycles. The molecule has 21 heavy (non-hydrogen) atoms. The van der Waals surface area contributed by atoms with Gasteiger partial charge in [-0.3, -0.25) is 4.90 Å². The van der Waals surface area contributed by atoms with Gasteiger partial charge in [0.1, 0.15) is 5.01 Å². The molecule has 1 fully saturated rings. The monoisotopic (exact) mass is 323 g/mol. The van der Waals surface area contributed by atoms with E-state index in [2.05, 4.69) is 39.9 Å². The van der Waals surface area contributed by atoms with Crippen LogP contribution in [0.1, 0.15) is 12.1 Å². The number of nitrogens with one attached hydrogen (secondary N) is 1. The molecular weight excluding hydrogens is 302 g/mol. The van der Waals surface area contributed by atoms with Crippen molar-refractivity contribution in [2.45, 2.75) is 13.0 Å². The summed E-state index contributed by atoms with van der Waals surface area (Å²) < 4.78 is 0. The number of likely N-dealkylation sites (tertiary alicyclic amines) is 1. The van der Waals surface area contributed by atoms with Gasteiger partial charge >= 0.3 is 0 Å². The minimum atomic E-state index is 0. The highest BCUT2D eigenvalue weighted by atomic mass is 35.5. The number of hydrogen-bond acceptors (Lipinski definition) is 4. The number of halogens is 1. The molecule has 114 valence electrons. The summed E-state index contributed by atoms with van der Waals surface area (Å²) in [6.45, 7) is 4.51. The van der Waals surface area contributed by atoms with Crippen molar-refractivity contribution in [3.05, 3.63) is 41.4 Å². The summed E-state index contributed by atoms with van der Waals surface area (Å²) in [5, 5.41) is 6.61. The lowest BCUT2D eigenvalue weighted by molar-refractivity contribution is 0.312. The molecule has 1 aromatic carbocycles. The molecule has 5 heteroatoms. The predicted molar refractivity (Wildman–Crippen MR) is 92.1 cm³/mol. The number of benzene rings is 1. The largest absolute Gasteiger partial charge is 0.319 e. The van der Waals surface area contributed by atoms with Crippen LogP contribution in [0.25, 0.3) is 10.6 Å². The van der Waals surface area contributed by atoms with E-state index in [9.17, 15) is 0 Å². The zero-order chi connectivity index (χ0) is 13.8. The fraction of sp³-hybridized carbons (Fsp3) is 0.438. The van der Waals surface area contributed by atoms with Crippen LogP contribution in [0, 0.1) is 5.92 Å². The Morgan fingerprint density at radius 1 is 1.33 bits per heavy atom. The smallest absolute Gasteiger partial charge is 0.123 e. The van der Waals surface area contributed by atoms with Crippen LogP contribution in [0.15, 0.2) is 35.7 Å². The first-order valence-electron chi connectivity index (χ1n) is 7.22. The van der Waals surface area contributed by atoms with E-state index in [1.54, 1.807) is 11.3 Å². The van der Waals surface area contributed by atoms with Crippen molar-refractivity contribution < 1.29 is 0 Å². The first-order valence-corrected chi connectivity index (χ1v) is 8.10. The summed E-state index contributed by atoms with van der Waals surface area (Å²) in [5.74, 6) is 0.798. The van der Waals surface area contributed by atoms with E-state index in [0.29, 0.717) is 0 Å². The van der Waals surface area contributed by atoms with Crippen LogP contribution in [-0.2, 0) is 6.54 Å². The van der Waals surface area contributed by atoms with Gasteiger partial charge in [0.25, 0.3) is 0 Å². The molecule has 1 unspecified atom stereocenters. The maximum atomic E-state index is 4.78. The Hall–Kier alpha value is -0.940. The minimum Gasteiger partial charge on any atom is -0.319 e. The fourth-order valence-electron chi connectivity index (χ4n) is 2.83. The topological polar surface area (TPSA) is 28.2 Å². The van der Waals surface area contributed by atoms with Crippen molar-refractivity contribution in [2.24, 2.45) is 5.92 Å². The van der Waals surface area contributed by atoms with Crippen molar-refractivity contribution in [1.82, 2.24) is 15.2 Å². The van der Waals surface area contributed by atoms with Gasteiger partial charge in [-0.2, -0.15) is 0 Å². The zero-order valence-electron chi connectivity index (χ0n) is 12.3. The molecule has 0 amide bonds. The van der Waals surface area contributed by atoms with Crippen LogP contribution in [0.4, 0.5) is 0 Å². The zero-order valence-corrected chi connectivity index (χ0v) is 13.9. The molecule has 1 saturated heterocycles. The van der Waals surface area contributed by atoms with E-state index in [0.717, 1.165) is 24.0 Å². The average Bonchev–Trinajstić information content (AvgIpc) is 3.11. The predicted octanol–water partition coefficient (Wildman–Crippen LogP) is 3.27. The molecule has 3 nitrogen and oxygen atoms in total. The summed E-state index contributed by atoms with van der Waals surface area (Å²) in [6.07, 6.45) is 1.30. The van der Waals surface area contributed by atoms with Crippen LogP contribution in [0.5, 0.6) is 0 Å². The molecule has 3 rings (SSSR count). The summed E-state index contributed by atoms with van der Waals surface area (Å²) >= 11 is 1.75. The Kier molecular flexibility index (Phi) is 6.18. The van der Waals surface area contributed by atoms with E-state index in [4.69, 9.17) is 4.98 Å². The van der Waals surface area contributed by atoms with Crippen LogP contribution in [0.2, 0.25) is 0 Å². The highest BCUT2D eigenvalue weighted by Crippen LogP contribution is 2.25. The van der Waals surface area contributed by atoms with Gasteiger partial charge in [0, 0.05) is 24.0 Å². The van der Waals surface area contributed by atoms with Crippen molar-refractivity contribution >= 4 is 23.7 Å². The van der Waals surface area contributed by atoms with Crippen LogP contribution in [0.3, 0.4) is 0 Å². The highest BCUT2D eigenvalue weighted by molar-refractivity contribution is 7.13. The number of aromatic nitrogens is 1. The fourth-order valence-corrected chi connectivity index (χ4v) is 3.65. The summed E-state index contributed by atoms with van der Waals surface area (Å²) in [6, 6.07) is 10.4. The summed E-state index contributed by atoms with van der Waals surface area (Å²) in [5.41, 5.74) is 2.43. The lowest BCUT2D eigenvalue weighted by Crippen LogP contribution is -2.24. The normalized spacial score (nSPS) is 18.6. The third kappa shape index (κ3) is 4.27. The Bertz CT molecular complexity index is 543. The number of nitrogens with zero attached hydrogens (tertiary/aromatic N) is 2. The van der Waals surface area contributed by atoms with Gasteiger partial charge < -0.3 is 5.32 Å². The molecule has 1 atom stereocenters. The Labute approximate surface area is 136 Å². The molecule has 2 heterocycles. The van der Waals surface area contributed by atoms with Gasteiger partial charge in [0.15, 0.2) is 0 Å². The highest BCUT2D eigenvalue weighted by Gasteiger charge is 2.22. The molecule has 0 radical (unpaired) electrons. The van der Waals surface area contributed by atoms with Crippen LogP contribution in [-0.4, -0.2) is 36.6 Å². The van der Waals surface area contributed by atoms with Gasteiger partial charge in [-0.15, -0.1) is 23.7 Å². The van der Waals surface area contributed by atoms with Crippen LogP contribution < -0.4 is 5.32 Å². The van der Waals surface area contributed by atoms with E-state index in [1.807, 2.05) is 13.1 Å². The Balaban J connectivity index is 0.00000161. The quantitative estimate of drug-likeness (QED) is 0.915. The average molecular weight is 324 g/mol. The first kappa shape index (κ1) is 16.4. The number of thiazole rings is 1. The molecule has 1 aliphatic heterocycles. The standard InChI is InChI=1S/C16H21N3S.ClH/c1-17-9-13-7-8-19(10-13)11-15-12-20-16(18-15)14-5-3-2-4-6-14;/h2-6,12-13,17H,7-11H2,1H3;1H. The maximum absolute atomic E-state index is 4.78.